The van der Waals surface area contributed by atoms with Crippen LogP contribution >= 0.6 is 0 Å². The number of urea groups is 3. The van der Waals surface area contributed by atoms with Gasteiger partial charge in [0.2, 0.25) is 35.4 Å². The number of aliphatic carboxylic acids is 2. The van der Waals surface area contributed by atoms with E-state index in [1.807, 2.05) is 170 Å². The molecule has 8 aromatic carbocycles. The number of aromatic nitrogens is 4. The molecule has 6 aliphatic heterocycles. The van der Waals surface area contributed by atoms with Gasteiger partial charge in [-0.15, -0.1) is 10.2 Å². The van der Waals surface area contributed by atoms with Crippen LogP contribution in [0.25, 0.3) is 0 Å². The van der Waals surface area contributed by atoms with E-state index in [2.05, 4.69) is 57.4 Å². The number of anilines is 6. The maximum atomic E-state index is 14.0. The Labute approximate surface area is 771 Å². The maximum Gasteiger partial charge on any atom is 0.323 e. The number of nitrogens with zero attached hydrogens (tertiary/aromatic N) is 12. The van der Waals surface area contributed by atoms with Gasteiger partial charge in [-0.2, -0.15) is 5.21 Å². The van der Waals surface area contributed by atoms with Crippen LogP contribution in [0.5, 0.6) is 17.2 Å². The van der Waals surface area contributed by atoms with Gasteiger partial charge in [0.1, 0.15) is 35.4 Å². The number of ether oxygens (including phenoxy) is 4. The molecule has 36 heteroatoms. The molecule has 9 N–H and O–H groups in total. The zero-order valence-electron chi connectivity index (χ0n) is 75.8. The molecule has 12 amide bonds. The van der Waals surface area contributed by atoms with Crippen LogP contribution in [0.1, 0.15) is 75.7 Å². The standard InChI is InChI=1S/C35H41N9O5.C33H37N5O6.C29H37N5O6/c1-24-8-6-7-11-28(24)36-35(47)37-29-13-12-26(18-31(29)48-2)19-33(45)44-21-27(49-23-25-9-4-3-5-10-25)20-30(44)34(46)43-16-14-42(15-17-43)22-32-38-40-41-39-32;1-22-7-3-6-10-26(22)34-33(43)35-27-12-11-23(17-29(27)44-2)18-30(39)38-20-25-9-5-4-8-24(25)19-28(38)32(42)37-15-13-36(14-16-37)21-31(40)41;1-19-6-4-5-7-22(19)30-29(39)31-23-9-8-21(16-24(23)40-3)17-25(35)34-11-10-20(2)27(34)28(38)33-14-12-32(13-15-33)18-26(36)37/h3-13,18,27,30H,14-17,19-23H2,1-2H3,(H2,36,37,47)(H,38,39,40,41);3-12,17,28H,13-16,18-21H2,1-2H3,(H,40,41)(H2,34,35,43);4-9,16,20,27H,10-15,17-18H2,1-3H3,(H,36,37)(H2,30,31,39)/t27-,30+;;20-,27-/m1.0/s1. The molecule has 36 nitrogen and oxygen atoms in total. The van der Waals surface area contributed by atoms with Gasteiger partial charge in [-0.05, 0) is 138 Å². The first-order chi connectivity index (χ1) is 64.2. The quantitative estimate of drug-likeness (QED) is 0.0231. The number of benzene rings is 8. The molecule has 0 radical (unpaired) electrons. The summed E-state index contributed by atoms with van der Waals surface area (Å²) in [5.74, 6) is -0.684. The number of carboxylic acid groups (broad SMARTS) is 2. The van der Waals surface area contributed by atoms with E-state index >= 15 is 0 Å². The summed E-state index contributed by atoms with van der Waals surface area (Å²) < 4.78 is 22.8. The summed E-state index contributed by atoms with van der Waals surface area (Å²) in [5, 5.41) is 49.2. The monoisotopic (exact) mass is 1820 g/mol. The smallest absolute Gasteiger partial charge is 0.323 e. The first-order valence-electron chi connectivity index (χ1n) is 44.5. The molecular weight excluding hydrogens is 1700 g/mol. The number of fused-ring (bicyclic) bond motifs is 1. The Hall–Kier alpha value is -14.4. The van der Waals surface area contributed by atoms with Crippen LogP contribution in [0.4, 0.5) is 48.5 Å². The molecule has 5 atom stereocenters. The van der Waals surface area contributed by atoms with Crippen molar-refractivity contribution in [2.75, 3.05) is 158 Å². The van der Waals surface area contributed by atoms with E-state index < -0.39 is 48.2 Å². The van der Waals surface area contributed by atoms with Crippen LogP contribution in [0.2, 0.25) is 0 Å². The summed E-state index contributed by atoms with van der Waals surface area (Å²) in [7, 11) is 4.51. The van der Waals surface area contributed by atoms with Crippen molar-refractivity contribution in [1.82, 2.24) is 64.7 Å². The average Bonchev–Trinajstić information content (AvgIpc) is 1.79. The third-order valence-electron chi connectivity index (χ3n) is 24.6. The summed E-state index contributed by atoms with van der Waals surface area (Å²) in [6.07, 6.45) is 1.48. The number of aromatic amines is 1. The van der Waals surface area contributed by atoms with Crippen molar-refractivity contribution < 1.29 is 81.9 Å². The second-order valence-corrected chi connectivity index (χ2v) is 33.8. The third-order valence-corrected chi connectivity index (χ3v) is 24.6. The van der Waals surface area contributed by atoms with E-state index in [0.717, 1.165) is 39.8 Å². The number of piperazine rings is 3. The Morgan fingerprint density at radius 1 is 0.421 bits per heavy atom. The van der Waals surface area contributed by atoms with E-state index in [9.17, 15) is 52.7 Å². The third kappa shape index (κ3) is 26.1. The Morgan fingerprint density at radius 2 is 0.820 bits per heavy atom. The molecule has 700 valence electrons. The summed E-state index contributed by atoms with van der Waals surface area (Å²) in [5.41, 5.74) is 11.5. The molecule has 5 fully saturated rings. The second kappa shape index (κ2) is 45.9. The molecule has 0 saturated carbocycles. The molecule has 0 bridgehead atoms. The van der Waals surface area contributed by atoms with Crippen molar-refractivity contribution in [3.63, 3.8) is 0 Å². The van der Waals surface area contributed by atoms with Crippen molar-refractivity contribution in [1.29, 1.82) is 0 Å². The molecule has 7 heterocycles. The molecule has 133 heavy (non-hydrogen) atoms. The number of amides is 12. The summed E-state index contributed by atoms with van der Waals surface area (Å²) in [6, 6.07) is 52.7. The van der Waals surface area contributed by atoms with Gasteiger partial charge in [0.15, 0.2) is 5.82 Å². The van der Waals surface area contributed by atoms with Crippen molar-refractivity contribution in [3.05, 3.63) is 238 Å². The zero-order valence-corrected chi connectivity index (χ0v) is 75.8. The summed E-state index contributed by atoms with van der Waals surface area (Å²) in [6.45, 7) is 15.8. The highest BCUT2D eigenvalue weighted by Gasteiger charge is 2.45. The number of carbonyl (C=O) groups excluding carboxylic acids is 9. The number of methoxy groups -OCH3 is 3. The number of hydrogen-bond donors (Lipinski definition) is 9. The van der Waals surface area contributed by atoms with Gasteiger partial charge in [0.25, 0.3) is 0 Å². The minimum absolute atomic E-state index is 0.0291. The zero-order chi connectivity index (χ0) is 94.2. The predicted molar refractivity (Wildman–Crippen MR) is 498 cm³/mol. The van der Waals surface area contributed by atoms with Crippen LogP contribution in [0.15, 0.2) is 182 Å². The Bertz CT molecular complexity index is 5610. The van der Waals surface area contributed by atoms with Crippen LogP contribution < -0.4 is 46.1 Å². The van der Waals surface area contributed by atoms with Crippen LogP contribution in [0.3, 0.4) is 0 Å². The summed E-state index contributed by atoms with van der Waals surface area (Å²) in [4.78, 5) is 158. The number of carbonyl (C=O) groups is 11. The van der Waals surface area contributed by atoms with Gasteiger partial charge < -0.3 is 90.5 Å². The number of nitrogens with one attached hydrogen (secondary N) is 7. The van der Waals surface area contributed by atoms with Crippen LogP contribution in [-0.4, -0.2) is 291 Å². The Morgan fingerprint density at radius 3 is 1.26 bits per heavy atom. The first kappa shape index (κ1) is 96.2. The highest BCUT2D eigenvalue weighted by Crippen LogP contribution is 2.35. The SMILES string of the molecule is COc1cc(CC(=O)N2CC[C@H](C)[C@H]2C(=O)N2CCN(CC(=O)O)CC2)ccc1NC(=O)Nc1ccccc1C.COc1cc(CC(=O)N2C[C@H](OCc3ccccc3)C[C@H]2C(=O)N2CCN(Cc3nn[nH]n3)CC2)ccc1NC(=O)Nc1ccccc1C.COc1cc(CC(=O)N2Cc3ccccc3CC2C(=O)N2CCN(CC(=O)O)CC2)ccc1NC(=O)Nc1ccccc1C. The molecule has 5 saturated heterocycles. The van der Waals surface area contributed by atoms with Crippen molar-refractivity contribution in [3.8, 4) is 17.2 Å². The highest BCUT2D eigenvalue weighted by molar-refractivity contribution is 6.03. The lowest BCUT2D eigenvalue weighted by atomic mass is 9.92. The fourth-order valence-electron chi connectivity index (χ4n) is 17.3. The van der Waals surface area contributed by atoms with Gasteiger partial charge in [-0.1, -0.05) is 140 Å². The predicted octanol–water partition coefficient (Wildman–Crippen LogP) is 9.26. The fourth-order valence-corrected chi connectivity index (χ4v) is 17.3. The Balaban J connectivity index is 0.000000170. The minimum Gasteiger partial charge on any atom is -0.495 e. The number of tetrazole rings is 1. The number of rotatable bonds is 27. The number of para-hydroxylation sites is 3. The summed E-state index contributed by atoms with van der Waals surface area (Å²) >= 11 is 0. The number of H-pyrrole nitrogens is 1. The number of likely N-dealkylation sites (tertiary alicyclic amines) is 2. The number of carboxylic acids is 2. The molecule has 0 spiro atoms. The van der Waals surface area contributed by atoms with E-state index in [1.54, 1.807) is 79.1 Å². The van der Waals surface area contributed by atoms with E-state index in [1.165, 1.54) is 21.3 Å². The average molecular weight is 1820 g/mol. The van der Waals surface area contributed by atoms with E-state index in [0.29, 0.717) is 198 Å². The molecule has 15 rings (SSSR count). The lowest BCUT2D eigenvalue weighted by molar-refractivity contribution is -0.148. The van der Waals surface area contributed by atoms with Gasteiger partial charge in [-0.3, -0.25) is 53.1 Å². The Kier molecular flexibility index (Phi) is 33.2. The molecule has 1 aromatic heterocycles. The normalized spacial score (nSPS) is 17.9. The van der Waals surface area contributed by atoms with Gasteiger partial charge in [0, 0.05) is 128 Å². The number of hydrogen-bond acceptors (Lipinski definition) is 21. The topological polar surface area (TPSA) is 421 Å². The second-order valence-electron chi connectivity index (χ2n) is 33.8. The van der Waals surface area contributed by atoms with Crippen LogP contribution in [0, 0.1) is 26.7 Å². The molecule has 0 aliphatic carbocycles. The minimum atomic E-state index is -0.892. The van der Waals surface area contributed by atoms with Crippen molar-refractivity contribution in [2.24, 2.45) is 5.92 Å². The lowest BCUT2D eigenvalue weighted by Gasteiger charge is -2.41. The van der Waals surface area contributed by atoms with Crippen molar-refractivity contribution >= 4 is 99.6 Å². The number of aryl methyl sites for hydroxylation is 3. The molecule has 6 aliphatic rings. The fraction of sp³-hybridized carbons (Fsp3) is 0.381. The molecule has 9 aromatic rings. The largest absolute Gasteiger partial charge is 0.495 e. The van der Waals surface area contributed by atoms with E-state index in [4.69, 9.17) is 29.2 Å². The first-order valence-corrected chi connectivity index (χ1v) is 44.5. The van der Waals surface area contributed by atoms with Crippen LogP contribution in [-0.2, 0) is 88.5 Å². The van der Waals surface area contributed by atoms with E-state index in [-0.39, 0.29) is 79.8 Å². The molecular formula is C97H115N19O17. The maximum absolute atomic E-state index is 14.0. The molecule has 1 unspecified atom stereocenters. The van der Waals surface area contributed by atoms with Gasteiger partial charge in [0.05, 0.1) is 90.0 Å². The lowest BCUT2D eigenvalue weighted by Crippen LogP contribution is -2.58. The highest BCUT2D eigenvalue weighted by atomic mass is 16.5. The van der Waals surface area contributed by atoms with Gasteiger partial charge in [-0.25, -0.2) is 14.4 Å². The van der Waals surface area contributed by atoms with Crippen molar-refractivity contribution in [2.45, 2.75) is 110 Å². The van der Waals surface area contributed by atoms with Gasteiger partial charge >= 0.3 is 30.0 Å².